The Bertz CT molecular complexity index is 1180. The van der Waals surface area contributed by atoms with Gasteiger partial charge in [-0.2, -0.15) is 0 Å². The molecule has 31 heavy (non-hydrogen) atoms. The van der Waals surface area contributed by atoms with Gasteiger partial charge in [-0.05, 0) is 45.0 Å². The Morgan fingerprint density at radius 2 is 1.81 bits per heavy atom. The Balaban J connectivity index is 1.81. The maximum atomic E-state index is 12.7. The van der Waals surface area contributed by atoms with Crippen LogP contribution in [0.3, 0.4) is 0 Å². The molecule has 0 spiro atoms. The van der Waals surface area contributed by atoms with Crippen molar-refractivity contribution < 1.29 is 19.1 Å². The summed E-state index contributed by atoms with van der Waals surface area (Å²) in [6, 6.07) is 11.7. The first-order valence-corrected chi connectivity index (χ1v) is 9.58. The van der Waals surface area contributed by atoms with Gasteiger partial charge in [0.05, 0.1) is 35.7 Å². The van der Waals surface area contributed by atoms with E-state index in [9.17, 15) is 14.4 Å². The lowest BCUT2D eigenvalue weighted by atomic mass is 10.2. The summed E-state index contributed by atoms with van der Waals surface area (Å²) in [5.41, 5.74) is 0.188. The number of nitrogens with one attached hydrogen (secondary N) is 2. The Morgan fingerprint density at radius 1 is 1.06 bits per heavy atom. The fraction of sp³-hybridized carbons (Fsp3) is 0.273. The van der Waals surface area contributed by atoms with Gasteiger partial charge < -0.3 is 14.8 Å². The van der Waals surface area contributed by atoms with Crippen molar-refractivity contribution in [2.45, 2.75) is 32.9 Å². The van der Waals surface area contributed by atoms with Crippen LogP contribution in [0.5, 0.6) is 5.75 Å². The first-order chi connectivity index (χ1) is 14.7. The maximum absolute atomic E-state index is 12.7. The Labute approximate surface area is 179 Å². The highest BCUT2D eigenvalue weighted by atomic mass is 16.6. The molecular formula is C22H24N4O5. The molecule has 0 aliphatic carbocycles. The second kappa shape index (κ2) is 8.86. The normalized spacial score (nSPS) is 11.1. The molecule has 0 saturated heterocycles. The van der Waals surface area contributed by atoms with E-state index < -0.39 is 17.6 Å². The van der Waals surface area contributed by atoms with Gasteiger partial charge in [0.1, 0.15) is 17.9 Å². The van der Waals surface area contributed by atoms with Crippen molar-refractivity contribution in [1.29, 1.82) is 0 Å². The molecule has 1 aromatic heterocycles. The average molecular weight is 424 g/mol. The molecular weight excluding hydrogens is 400 g/mol. The molecule has 3 aromatic rings. The van der Waals surface area contributed by atoms with Crippen LogP contribution < -0.4 is 20.9 Å². The smallest absolute Gasteiger partial charge is 0.412 e. The molecule has 2 amide bonds. The monoisotopic (exact) mass is 424 g/mol. The standard InChI is InChI=1S/C22H24N4O5/c1-22(2,3)31-21(29)25-17-10-9-14(30-4)11-18(17)24-19(27)12-26-13-23-16-8-6-5-7-15(16)20(26)28/h5-11,13H,12H2,1-4H3,(H,24,27)(H,25,29). The topological polar surface area (TPSA) is 112 Å². The van der Waals surface area contributed by atoms with Crippen LogP contribution in [-0.2, 0) is 16.1 Å². The minimum absolute atomic E-state index is 0.250. The summed E-state index contributed by atoms with van der Waals surface area (Å²) in [5, 5.41) is 5.73. The predicted octanol–water partition coefficient (Wildman–Crippen LogP) is 3.39. The largest absolute Gasteiger partial charge is 0.497 e. The lowest BCUT2D eigenvalue weighted by Crippen LogP contribution is -2.29. The van der Waals surface area contributed by atoms with Gasteiger partial charge >= 0.3 is 6.09 Å². The number of ether oxygens (including phenoxy) is 2. The number of anilines is 2. The van der Waals surface area contributed by atoms with E-state index in [1.807, 2.05) is 0 Å². The number of nitrogens with zero attached hydrogens (tertiary/aromatic N) is 2. The first-order valence-electron chi connectivity index (χ1n) is 9.58. The lowest BCUT2D eigenvalue weighted by Gasteiger charge is -2.21. The number of fused-ring (bicyclic) bond motifs is 1. The van der Waals surface area contributed by atoms with E-state index in [-0.39, 0.29) is 12.1 Å². The number of amides is 2. The van der Waals surface area contributed by atoms with Gasteiger partial charge in [-0.15, -0.1) is 0 Å². The molecule has 3 rings (SSSR count). The van der Waals surface area contributed by atoms with Crippen molar-refractivity contribution in [3.05, 3.63) is 59.1 Å². The van der Waals surface area contributed by atoms with E-state index in [0.717, 1.165) is 0 Å². The third-order valence-electron chi connectivity index (χ3n) is 4.18. The van der Waals surface area contributed by atoms with Crippen molar-refractivity contribution in [2.24, 2.45) is 0 Å². The molecule has 2 N–H and O–H groups in total. The average Bonchev–Trinajstić information content (AvgIpc) is 2.70. The summed E-state index contributed by atoms with van der Waals surface area (Å²) in [6.45, 7) is 5.00. The number of hydrogen-bond donors (Lipinski definition) is 2. The molecule has 0 bridgehead atoms. The highest BCUT2D eigenvalue weighted by Gasteiger charge is 2.18. The number of para-hydroxylation sites is 1. The van der Waals surface area contributed by atoms with Crippen LogP contribution in [0.15, 0.2) is 53.6 Å². The van der Waals surface area contributed by atoms with Crippen LogP contribution in [0.25, 0.3) is 10.9 Å². The second-order valence-corrected chi connectivity index (χ2v) is 7.78. The lowest BCUT2D eigenvalue weighted by molar-refractivity contribution is -0.116. The summed E-state index contributed by atoms with van der Waals surface area (Å²) in [4.78, 5) is 41.6. The van der Waals surface area contributed by atoms with Crippen LogP contribution in [0.2, 0.25) is 0 Å². The SMILES string of the molecule is COc1ccc(NC(=O)OC(C)(C)C)c(NC(=O)Cn2cnc3ccccc3c2=O)c1. The Morgan fingerprint density at radius 3 is 2.52 bits per heavy atom. The van der Waals surface area contributed by atoms with Gasteiger partial charge in [0.25, 0.3) is 5.56 Å². The molecule has 0 saturated carbocycles. The third-order valence-corrected chi connectivity index (χ3v) is 4.18. The Hall–Kier alpha value is -3.88. The molecule has 0 unspecified atom stereocenters. The van der Waals surface area contributed by atoms with E-state index >= 15 is 0 Å². The van der Waals surface area contributed by atoms with Crippen LogP contribution in [-0.4, -0.2) is 34.3 Å². The van der Waals surface area contributed by atoms with E-state index in [1.165, 1.54) is 18.0 Å². The molecule has 0 radical (unpaired) electrons. The zero-order valence-corrected chi connectivity index (χ0v) is 17.8. The third kappa shape index (κ3) is 5.59. The fourth-order valence-corrected chi connectivity index (χ4v) is 2.84. The highest BCUT2D eigenvalue weighted by Crippen LogP contribution is 2.27. The van der Waals surface area contributed by atoms with Crippen LogP contribution in [0, 0.1) is 0 Å². The molecule has 0 atom stereocenters. The quantitative estimate of drug-likeness (QED) is 0.649. The van der Waals surface area contributed by atoms with E-state index in [2.05, 4.69) is 15.6 Å². The first kappa shape index (κ1) is 21.8. The minimum atomic E-state index is -0.676. The number of benzene rings is 2. The van der Waals surface area contributed by atoms with Crippen molar-refractivity contribution in [1.82, 2.24) is 9.55 Å². The maximum Gasteiger partial charge on any atom is 0.412 e. The summed E-state index contributed by atoms with van der Waals surface area (Å²) in [6.07, 6.45) is 0.665. The molecule has 162 valence electrons. The summed E-state index contributed by atoms with van der Waals surface area (Å²) in [5.74, 6) is 0.00857. The van der Waals surface area contributed by atoms with Crippen LogP contribution >= 0.6 is 0 Å². The summed E-state index contributed by atoms with van der Waals surface area (Å²) >= 11 is 0. The molecule has 2 aromatic carbocycles. The molecule has 0 aliphatic rings. The number of aromatic nitrogens is 2. The van der Waals surface area contributed by atoms with Gasteiger partial charge in [-0.1, -0.05) is 12.1 Å². The van der Waals surface area contributed by atoms with Gasteiger partial charge in [0, 0.05) is 6.07 Å². The minimum Gasteiger partial charge on any atom is -0.497 e. The molecule has 1 heterocycles. The predicted molar refractivity (Wildman–Crippen MR) is 117 cm³/mol. The fourth-order valence-electron chi connectivity index (χ4n) is 2.84. The molecule has 9 heteroatoms. The van der Waals surface area contributed by atoms with Gasteiger partial charge in [0.15, 0.2) is 0 Å². The molecule has 0 aliphatic heterocycles. The number of hydrogen-bond acceptors (Lipinski definition) is 6. The van der Waals surface area contributed by atoms with E-state index in [4.69, 9.17) is 9.47 Å². The second-order valence-electron chi connectivity index (χ2n) is 7.78. The Kier molecular flexibility index (Phi) is 6.24. The van der Waals surface area contributed by atoms with Gasteiger partial charge in [-0.3, -0.25) is 19.5 Å². The van der Waals surface area contributed by atoms with Crippen molar-refractivity contribution in [3.63, 3.8) is 0 Å². The van der Waals surface area contributed by atoms with Crippen LogP contribution in [0.4, 0.5) is 16.2 Å². The van der Waals surface area contributed by atoms with E-state index in [1.54, 1.807) is 63.2 Å². The zero-order valence-electron chi connectivity index (χ0n) is 17.8. The molecule has 9 nitrogen and oxygen atoms in total. The van der Waals surface area contributed by atoms with E-state index in [0.29, 0.717) is 28.0 Å². The van der Waals surface area contributed by atoms with Crippen molar-refractivity contribution in [2.75, 3.05) is 17.7 Å². The summed E-state index contributed by atoms with van der Waals surface area (Å²) in [7, 11) is 1.49. The highest BCUT2D eigenvalue weighted by molar-refractivity contribution is 5.98. The molecule has 0 fully saturated rings. The number of carbonyl (C=O) groups excluding carboxylic acids is 2. The number of rotatable bonds is 5. The van der Waals surface area contributed by atoms with Crippen LogP contribution in [0.1, 0.15) is 20.8 Å². The number of methoxy groups -OCH3 is 1. The summed E-state index contributed by atoms with van der Waals surface area (Å²) < 4.78 is 11.7. The number of carbonyl (C=O) groups is 2. The van der Waals surface area contributed by atoms with Crippen molar-refractivity contribution >= 4 is 34.3 Å². The van der Waals surface area contributed by atoms with Gasteiger partial charge in [0.2, 0.25) is 5.91 Å². The van der Waals surface area contributed by atoms with Crippen molar-refractivity contribution in [3.8, 4) is 5.75 Å². The zero-order chi connectivity index (χ0) is 22.6. The van der Waals surface area contributed by atoms with Gasteiger partial charge in [-0.25, -0.2) is 9.78 Å².